The number of nitrogens with zero attached hydrogens (tertiary/aromatic N) is 1. The highest BCUT2D eigenvalue weighted by Gasteiger charge is 2.30. The van der Waals surface area contributed by atoms with Crippen LogP contribution >= 0.6 is 0 Å². The number of hydrogen-bond acceptors (Lipinski definition) is 4. The second kappa shape index (κ2) is 11.5. The summed E-state index contributed by atoms with van der Waals surface area (Å²) in [6.07, 6.45) is 7.94. The van der Waals surface area contributed by atoms with Crippen molar-refractivity contribution >= 4 is 10.9 Å². The lowest BCUT2D eigenvalue weighted by molar-refractivity contribution is 0.109. The van der Waals surface area contributed by atoms with Crippen LogP contribution in [0.2, 0.25) is 0 Å². The van der Waals surface area contributed by atoms with Crippen LogP contribution in [0.15, 0.2) is 36.4 Å². The number of aromatic amines is 1. The number of likely N-dealkylation sites (tertiary alicyclic amines) is 1. The number of nitrogens with one attached hydrogen (secondary N) is 2. The normalized spacial score (nSPS) is 21.6. The van der Waals surface area contributed by atoms with Crippen molar-refractivity contribution in [2.75, 3.05) is 33.9 Å². The third-order valence-electron chi connectivity index (χ3n) is 8.73. The number of methoxy groups -OCH3 is 2. The van der Waals surface area contributed by atoms with Gasteiger partial charge in [0.1, 0.15) is 0 Å². The van der Waals surface area contributed by atoms with Gasteiger partial charge in [0.15, 0.2) is 11.5 Å². The number of aryl methyl sites for hydroxylation is 1. The second-order valence-corrected chi connectivity index (χ2v) is 11.6. The first-order valence-corrected chi connectivity index (χ1v) is 14.3. The summed E-state index contributed by atoms with van der Waals surface area (Å²) in [6, 6.07) is 14.7. The summed E-state index contributed by atoms with van der Waals surface area (Å²) < 4.78 is 11.0. The molecule has 0 amide bonds. The van der Waals surface area contributed by atoms with Gasteiger partial charge < -0.3 is 24.7 Å². The fourth-order valence-corrected chi connectivity index (χ4v) is 6.56. The summed E-state index contributed by atoms with van der Waals surface area (Å²) in [4.78, 5) is 6.46. The van der Waals surface area contributed by atoms with Crippen LogP contribution in [-0.4, -0.2) is 55.8 Å². The van der Waals surface area contributed by atoms with Crippen LogP contribution in [0, 0.1) is 12.8 Å². The largest absolute Gasteiger partial charge is 0.493 e. The zero-order chi connectivity index (χ0) is 25.9. The van der Waals surface area contributed by atoms with Crippen molar-refractivity contribution in [2.45, 2.75) is 77.3 Å². The molecular formula is C32H45N3O2. The maximum Gasteiger partial charge on any atom is 0.161 e. The lowest BCUT2D eigenvalue weighted by Crippen LogP contribution is -2.47. The lowest BCUT2D eigenvalue weighted by atomic mass is 9.85. The summed E-state index contributed by atoms with van der Waals surface area (Å²) in [5, 5.41) is 5.16. The average Bonchev–Trinajstić information content (AvgIpc) is 3.27. The minimum Gasteiger partial charge on any atom is -0.493 e. The van der Waals surface area contributed by atoms with Gasteiger partial charge >= 0.3 is 0 Å². The van der Waals surface area contributed by atoms with E-state index in [0.29, 0.717) is 12.0 Å². The van der Waals surface area contributed by atoms with Crippen molar-refractivity contribution in [3.05, 3.63) is 47.5 Å². The number of ether oxygens (including phenoxy) is 2. The van der Waals surface area contributed by atoms with Crippen LogP contribution in [-0.2, 0) is 0 Å². The molecule has 0 radical (unpaired) electrons. The van der Waals surface area contributed by atoms with E-state index in [1.54, 1.807) is 14.2 Å². The highest BCUT2D eigenvalue weighted by Crippen LogP contribution is 2.38. The zero-order valence-electron chi connectivity index (χ0n) is 23.4. The summed E-state index contributed by atoms with van der Waals surface area (Å²) in [7, 11) is 3.36. The SMILES string of the molecule is COc1ccc(-c2[nH]c3ccc(C4CCN(C5CCCC(NCC(C)C)C5)CC4)cc3c2C)cc1OC. The van der Waals surface area contributed by atoms with Crippen LogP contribution < -0.4 is 14.8 Å². The van der Waals surface area contributed by atoms with E-state index in [0.717, 1.165) is 41.3 Å². The van der Waals surface area contributed by atoms with Crippen molar-refractivity contribution in [3.8, 4) is 22.8 Å². The maximum atomic E-state index is 5.54. The summed E-state index contributed by atoms with van der Waals surface area (Å²) in [5.74, 6) is 2.89. The monoisotopic (exact) mass is 503 g/mol. The standard InChI is InChI=1S/C32H45N3O2/c1-21(2)20-33-26-7-6-8-27(19-26)35-15-13-23(14-16-35)24-9-11-29-28(17-24)22(3)32(34-29)25-10-12-30(36-4)31(18-25)37-5/h9-12,17-18,21,23,26-27,33-34H,6-8,13-16,19-20H2,1-5H3. The minimum absolute atomic E-state index is 0.651. The van der Waals surface area contributed by atoms with Crippen molar-refractivity contribution in [1.29, 1.82) is 0 Å². The van der Waals surface area contributed by atoms with Gasteiger partial charge in [0.05, 0.1) is 14.2 Å². The van der Waals surface area contributed by atoms with Gasteiger partial charge in [0.25, 0.3) is 0 Å². The molecule has 2 N–H and O–H groups in total. The molecule has 37 heavy (non-hydrogen) atoms. The van der Waals surface area contributed by atoms with Crippen LogP contribution in [0.3, 0.4) is 0 Å². The molecule has 2 fully saturated rings. The quantitative estimate of drug-likeness (QED) is 0.351. The molecule has 1 aliphatic heterocycles. The van der Waals surface area contributed by atoms with E-state index in [1.807, 2.05) is 6.07 Å². The summed E-state index contributed by atoms with van der Waals surface area (Å²) >= 11 is 0. The number of aromatic nitrogens is 1. The summed E-state index contributed by atoms with van der Waals surface area (Å²) in [5.41, 5.74) is 6.26. The Balaban J connectivity index is 1.26. The Morgan fingerprint density at radius 2 is 1.76 bits per heavy atom. The Morgan fingerprint density at radius 3 is 2.49 bits per heavy atom. The zero-order valence-corrected chi connectivity index (χ0v) is 23.4. The Hall–Kier alpha value is -2.50. The van der Waals surface area contributed by atoms with Crippen LogP contribution in [0.4, 0.5) is 0 Å². The van der Waals surface area contributed by atoms with Crippen molar-refractivity contribution < 1.29 is 9.47 Å². The first-order chi connectivity index (χ1) is 18.0. The van der Waals surface area contributed by atoms with Gasteiger partial charge in [-0.3, -0.25) is 0 Å². The molecule has 2 aromatic carbocycles. The minimum atomic E-state index is 0.651. The summed E-state index contributed by atoms with van der Waals surface area (Å²) in [6.45, 7) is 10.4. The molecule has 1 saturated carbocycles. The molecule has 2 unspecified atom stereocenters. The Bertz CT molecular complexity index is 1190. The molecule has 3 aromatic rings. The third-order valence-corrected chi connectivity index (χ3v) is 8.73. The predicted molar refractivity (Wildman–Crippen MR) is 154 cm³/mol. The lowest BCUT2D eigenvalue weighted by Gasteiger charge is -2.41. The third kappa shape index (κ3) is 5.68. The fourth-order valence-electron chi connectivity index (χ4n) is 6.56. The molecule has 2 atom stereocenters. The number of fused-ring (bicyclic) bond motifs is 1. The number of piperidine rings is 1. The van der Waals surface area contributed by atoms with E-state index >= 15 is 0 Å². The smallest absolute Gasteiger partial charge is 0.161 e. The first kappa shape index (κ1) is 26.1. The number of rotatable bonds is 8. The predicted octanol–water partition coefficient (Wildman–Crippen LogP) is 6.90. The maximum absolute atomic E-state index is 5.54. The number of benzene rings is 2. The molecule has 1 aliphatic carbocycles. The van der Waals surface area contributed by atoms with E-state index in [9.17, 15) is 0 Å². The second-order valence-electron chi connectivity index (χ2n) is 11.6. The molecule has 0 bridgehead atoms. The number of H-pyrrole nitrogens is 1. The van der Waals surface area contributed by atoms with E-state index in [2.05, 4.69) is 66.3 Å². The van der Waals surface area contributed by atoms with Gasteiger partial charge in [-0.15, -0.1) is 0 Å². The van der Waals surface area contributed by atoms with Gasteiger partial charge in [-0.05, 0) is 112 Å². The average molecular weight is 504 g/mol. The van der Waals surface area contributed by atoms with E-state index < -0.39 is 0 Å². The van der Waals surface area contributed by atoms with Gasteiger partial charge in [-0.1, -0.05) is 26.3 Å². The topological polar surface area (TPSA) is 49.5 Å². The molecule has 5 nitrogen and oxygen atoms in total. The molecule has 2 aliphatic rings. The van der Waals surface area contributed by atoms with E-state index in [4.69, 9.17) is 9.47 Å². The van der Waals surface area contributed by atoms with Crippen LogP contribution in [0.1, 0.15) is 69.4 Å². The van der Waals surface area contributed by atoms with E-state index in [1.165, 1.54) is 73.6 Å². The van der Waals surface area contributed by atoms with Gasteiger partial charge in [-0.2, -0.15) is 0 Å². The molecule has 1 aromatic heterocycles. The molecule has 1 saturated heterocycles. The van der Waals surface area contributed by atoms with E-state index in [-0.39, 0.29) is 0 Å². The molecule has 200 valence electrons. The Labute approximate surface area is 222 Å². The van der Waals surface area contributed by atoms with Crippen molar-refractivity contribution in [1.82, 2.24) is 15.2 Å². The Morgan fingerprint density at radius 1 is 0.973 bits per heavy atom. The molecular weight excluding hydrogens is 458 g/mol. The first-order valence-electron chi connectivity index (χ1n) is 14.3. The molecule has 2 heterocycles. The number of hydrogen-bond donors (Lipinski definition) is 2. The van der Waals surface area contributed by atoms with Crippen LogP contribution in [0.5, 0.6) is 11.5 Å². The Kier molecular flexibility index (Phi) is 8.11. The molecule has 5 heteroatoms. The van der Waals surface area contributed by atoms with Gasteiger partial charge in [-0.25, -0.2) is 0 Å². The van der Waals surface area contributed by atoms with Gasteiger partial charge in [0.2, 0.25) is 0 Å². The van der Waals surface area contributed by atoms with Crippen molar-refractivity contribution in [3.63, 3.8) is 0 Å². The van der Waals surface area contributed by atoms with Crippen LogP contribution in [0.25, 0.3) is 22.2 Å². The molecule has 0 spiro atoms. The highest BCUT2D eigenvalue weighted by atomic mass is 16.5. The van der Waals surface area contributed by atoms with Crippen molar-refractivity contribution in [2.24, 2.45) is 5.92 Å². The van der Waals surface area contributed by atoms with Gasteiger partial charge in [0, 0.05) is 34.2 Å². The highest BCUT2D eigenvalue weighted by molar-refractivity contribution is 5.91. The molecule has 5 rings (SSSR count). The fraction of sp³-hybridized carbons (Fsp3) is 0.562.